The van der Waals surface area contributed by atoms with Gasteiger partial charge in [-0.3, -0.25) is 59.7 Å². The van der Waals surface area contributed by atoms with Gasteiger partial charge in [0.15, 0.2) is 0 Å². The van der Waals surface area contributed by atoms with Gasteiger partial charge in [-0.2, -0.15) is 0 Å². The number of carbonyl (C=O) groups excluding carboxylic acids is 6. The summed E-state index contributed by atoms with van der Waals surface area (Å²) in [5, 5.41) is 18.2. The third-order valence-electron chi connectivity index (χ3n) is 13.1. The van der Waals surface area contributed by atoms with Crippen LogP contribution in [0.3, 0.4) is 0 Å². The Balaban J connectivity index is 1.30. The minimum absolute atomic E-state index is 0.0261. The number of nitrogens with one attached hydrogen (secondary N) is 6. The molecule has 1 aliphatic rings. The number of benzene rings is 3. The van der Waals surface area contributed by atoms with Crippen LogP contribution >= 0.6 is 0 Å². The fourth-order valence-electron chi connectivity index (χ4n) is 9.40. The van der Waals surface area contributed by atoms with Gasteiger partial charge in [0.25, 0.3) is 17.7 Å². The van der Waals surface area contributed by atoms with Crippen molar-refractivity contribution >= 4 is 56.8 Å². The van der Waals surface area contributed by atoms with E-state index in [1.807, 2.05) is 133 Å². The summed E-state index contributed by atoms with van der Waals surface area (Å²) in [4.78, 5) is 108. The molecule has 0 spiro atoms. The molecule has 0 bridgehead atoms. The van der Waals surface area contributed by atoms with Gasteiger partial charge in [0.05, 0.1) is 36.7 Å². The van der Waals surface area contributed by atoms with E-state index in [2.05, 4.69) is 61.8 Å². The number of hydrogen-bond acceptors (Lipinski definition) is 18. The predicted molar refractivity (Wildman–Crippen MR) is 305 cm³/mol. The van der Waals surface area contributed by atoms with Crippen LogP contribution in [0.1, 0.15) is 109 Å². The summed E-state index contributed by atoms with van der Waals surface area (Å²) in [6.07, 6.45) is 13.7. The average Bonchev–Trinajstić information content (AvgIpc) is 3.47. The SMILES string of the molecule is CC(C)C[C@H](N[C@@H](Cc1ccccc1)C(=O)NC(=O)c1cnccn1)B1OB([C@H](CC(C)C)N[C@@H](Cc2ccccc2)C(=O)NC(=O)c2cnccn2)OB([C@H](CC(C)C)N[C@@H](Cc2ccccc2)C(=O)NC(=O)c2cnccn2)O1. The number of aromatic nitrogens is 6. The number of carbonyl (C=O) groups is 6. The highest BCUT2D eigenvalue weighted by molar-refractivity contribution is 6.75. The Morgan fingerprint density at radius 1 is 0.395 bits per heavy atom. The second-order valence-electron chi connectivity index (χ2n) is 21.2. The van der Waals surface area contributed by atoms with E-state index in [1.165, 1.54) is 55.8 Å². The monoisotopic (exact) mass is 1100 g/mol. The molecular weight excluding hydrogens is 1030 g/mol. The third kappa shape index (κ3) is 19.2. The van der Waals surface area contributed by atoms with Crippen LogP contribution in [0.5, 0.6) is 0 Å². The van der Waals surface area contributed by atoms with Crippen molar-refractivity contribution in [3.05, 3.63) is 181 Å². The highest BCUT2D eigenvalue weighted by atomic mass is 16.7. The summed E-state index contributed by atoms with van der Waals surface area (Å²) in [6.45, 7) is 12.1. The van der Waals surface area contributed by atoms with Crippen LogP contribution in [-0.4, -0.2) is 123 Å². The van der Waals surface area contributed by atoms with Gasteiger partial charge in [0, 0.05) is 55.0 Å². The maximum Gasteiger partial charge on any atom is 0.447 e. The minimum Gasteiger partial charge on any atom is -0.451 e. The van der Waals surface area contributed by atoms with Crippen molar-refractivity contribution in [1.82, 2.24) is 61.8 Å². The molecule has 0 aliphatic carbocycles. The third-order valence-corrected chi connectivity index (χ3v) is 13.1. The van der Waals surface area contributed by atoms with Crippen molar-refractivity contribution in [1.29, 1.82) is 0 Å². The zero-order valence-corrected chi connectivity index (χ0v) is 46.4. The molecule has 81 heavy (non-hydrogen) atoms. The van der Waals surface area contributed by atoms with Gasteiger partial charge in [-0.1, -0.05) is 133 Å². The molecule has 1 saturated heterocycles. The summed E-state index contributed by atoms with van der Waals surface area (Å²) in [6, 6.07) is 24.9. The van der Waals surface area contributed by atoms with Gasteiger partial charge in [-0.25, -0.2) is 15.0 Å². The van der Waals surface area contributed by atoms with E-state index in [9.17, 15) is 28.8 Å². The quantitative estimate of drug-likeness (QED) is 0.0394. The van der Waals surface area contributed by atoms with Crippen molar-refractivity contribution in [3.8, 4) is 0 Å². The average molecular weight is 1100 g/mol. The van der Waals surface area contributed by atoms with Crippen LogP contribution in [0, 0.1) is 17.8 Å². The van der Waals surface area contributed by atoms with Crippen molar-refractivity contribution in [3.63, 3.8) is 0 Å². The molecule has 24 heteroatoms. The van der Waals surface area contributed by atoms with Crippen LogP contribution in [-0.2, 0) is 47.4 Å². The molecule has 1 aliphatic heterocycles. The van der Waals surface area contributed by atoms with Gasteiger partial charge in [-0.15, -0.1) is 0 Å². The lowest BCUT2D eigenvalue weighted by molar-refractivity contribution is -0.123. The van der Waals surface area contributed by atoms with Crippen molar-refractivity contribution in [2.75, 3.05) is 0 Å². The molecule has 6 amide bonds. The maximum atomic E-state index is 14.5. The first-order valence-corrected chi connectivity index (χ1v) is 27.3. The molecular formula is C57H69B3N12O9. The van der Waals surface area contributed by atoms with Crippen molar-refractivity contribution in [2.24, 2.45) is 17.8 Å². The smallest absolute Gasteiger partial charge is 0.447 e. The van der Waals surface area contributed by atoms with Crippen molar-refractivity contribution < 1.29 is 42.5 Å². The van der Waals surface area contributed by atoms with Gasteiger partial charge in [-0.05, 0) is 73.0 Å². The van der Waals surface area contributed by atoms with Crippen LogP contribution in [0.4, 0.5) is 0 Å². The minimum atomic E-state index is -1.20. The van der Waals surface area contributed by atoms with Crippen LogP contribution in [0.2, 0.25) is 0 Å². The van der Waals surface area contributed by atoms with E-state index in [1.54, 1.807) is 0 Å². The van der Waals surface area contributed by atoms with Crippen LogP contribution in [0.25, 0.3) is 0 Å². The van der Waals surface area contributed by atoms with Crippen LogP contribution in [0.15, 0.2) is 147 Å². The van der Waals surface area contributed by atoms with E-state index in [-0.39, 0.29) is 54.1 Å². The number of imide groups is 3. The molecule has 7 rings (SSSR count). The van der Waals surface area contributed by atoms with Crippen LogP contribution < -0.4 is 31.9 Å². The molecule has 0 radical (unpaired) electrons. The molecule has 3 aromatic carbocycles. The molecule has 21 nitrogen and oxygen atoms in total. The zero-order valence-electron chi connectivity index (χ0n) is 46.4. The van der Waals surface area contributed by atoms with Crippen molar-refractivity contribution in [2.45, 2.75) is 116 Å². The van der Waals surface area contributed by atoms with E-state index in [0.717, 1.165) is 16.7 Å². The lowest BCUT2D eigenvalue weighted by Gasteiger charge is -2.42. The Bertz CT molecular complexity index is 2630. The summed E-state index contributed by atoms with van der Waals surface area (Å²) < 4.78 is 21.1. The molecule has 0 saturated carbocycles. The fourth-order valence-corrected chi connectivity index (χ4v) is 9.40. The number of rotatable bonds is 27. The van der Waals surface area contributed by atoms with Gasteiger partial charge < -0.3 is 29.7 Å². The first kappa shape index (κ1) is 60.9. The molecule has 3 aromatic heterocycles. The topological polar surface area (TPSA) is 280 Å². The largest absolute Gasteiger partial charge is 0.451 e. The van der Waals surface area contributed by atoms with E-state index >= 15 is 0 Å². The van der Waals surface area contributed by atoms with Gasteiger partial charge in [0.1, 0.15) is 17.1 Å². The fraction of sp³-hybridized carbons (Fsp3) is 0.368. The second-order valence-corrected chi connectivity index (χ2v) is 21.2. The van der Waals surface area contributed by atoms with Gasteiger partial charge >= 0.3 is 21.4 Å². The summed E-state index contributed by atoms with van der Waals surface area (Å²) in [5.41, 5.74) is 2.25. The number of hydrogen-bond donors (Lipinski definition) is 6. The van der Waals surface area contributed by atoms with E-state index in [0.29, 0.717) is 19.3 Å². The predicted octanol–water partition coefficient (Wildman–Crippen LogP) is 4.22. The summed E-state index contributed by atoms with van der Waals surface area (Å²) in [7, 11) is -3.61. The Hall–Kier alpha value is -7.73. The summed E-state index contributed by atoms with van der Waals surface area (Å²) >= 11 is 0. The molecule has 0 unspecified atom stereocenters. The Morgan fingerprint density at radius 2 is 0.654 bits per heavy atom. The molecule has 6 atom stereocenters. The molecule has 420 valence electrons. The molecule has 1 fully saturated rings. The standard InChI is InChI=1S/C57H69B3N12O9/c1-37(2)28-49(67-43(31-40-16-10-7-11-17-40)52(73)70-55(76)46-34-61-22-25-64-46)58-79-59(50(29-38(3)4)68-44(32-41-18-12-8-13-19-41)53(74)71-56(77)47-35-62-23-26-65-47)81-60(80-58)51(30-39(5)6)69-45(33-42-20-14-9-15-21-42)54(75)72-57(78)48-36-63-24-27-66-48/h7-27,34-39,43-45,49-51,67-69H,28-33H2,1-6H3,(H,70,73,76)(H,71,74,77)(H,72,75,78)/t43-,44-,45-,49-,50-,51-/m0/s1. The summed E-state index contributed by atoms with van der Waals surface area (Å²) in [5.74, 6) is -6.57. The normalized spacial score (nSPS) is 14.9. The highest BCUT2D eigenvalue weighted by Crippen LogP contribution is 2.26. The Labute approximate surface area is 473 Å². The number of amides is 6. The lowest BCUT2D eigenvalue weighted by Crippen LogP contribution is -2.69. The van der Waals surface area contributed by atoms with E-state index in [4.69, 9.17) is 13.7 Å². The molecule has 4 heterocycles. The van der Waals surface area contributed by atoms with Gasteiger partial charge in [0.2, 0.25) is 17.7 Å². The first-order chi connectivity index (χ1) is 39.1. The lowest BCUT2D eigenvalue weighted by atomic mass is 9.57. The first-order valence-electron chi connectivity index (χ1n) is 27.3. The maximum absolute atomic E-state index is 14.5. The highest BCUT2D eigenvalue weighted by Gasteiger charge is 2.52. The number of nitrogens with zero attached hydrogens (tertiary/aromatic N) is 6. The molecule has 6 aromatic rings. The van der Waals surface area contributed by atoms with E-state index < -0.39 is 92.7 Å². The Morgan fingerprint density at radius 3 is 0.877 bits per heavy atom. The second kappa shape index (κ2) is 30.7. The Kier molecular flexibility index (Phi) is 23.1. The molecule has 6 N–H and O–H groups in total. The zero-order chi connectivity index (χ0) is 57.7.